The van der Waals surface area contributed by atoms with Gasteiger partial charge in [0.2, 0.25) is 0 Å². The Hall–Kier alpha value is -0.100. The van der Waals surface area contributed by atoms with E-state index in [2.05, 4.69) is 21.4 Å². The van der Waals surface area contributed by atoms with E-state index in [0.29, 0.717) is 5.56 Å². The topological polar surface area (TPSA) is 38.0 Å². The average molecular weight is 293 g/mol. The molecular formula is C10H14BrFN2S. The van der Waals surface area contributed by atoms with Gasteiger partial charge in [-0.25, -0.2) is 4.39 Å². The monoisotopic (exact) mass is 292 g/mol. The molecule has 1 unspecified atom stereocenters. The average Bonchev–Trinajstić information content (AvgIpc) is 2.24. The fourth-order valence-corrected chi connectivity index (χ4v) is 2.20. The summed E-state index contributed by atoms with van der Waals surface area (Å²) in [5, 5.41) is 0. The van der Waals surface area contributed by atoms with Crippen LogP contribution in [0, 0.1) is 5.82 Å². The first-order valence-electron chi connectivity index (χ1n) is 4.59. The number of nitrogens with two attached hydrogens (primary N) is 1. The van der Waals surface area contributed by atoms with E-state index in [1.807, 2.05) is 6.26 Å². The van der Waals surface area contributed by atoms with Gasteiger partial charge in [0.15, 0.2) is 0 Å². The van der Waals surface area contributed by atoms with Crippen molar-refractivity contribution >= 4 is 27.7 Å². The lowest BCUT2D eigenvalue weighted by Gasteiger charge is -2.16. The van der Waals surface area contributed by atoms with Gasteiger partial charge >= 0.3 is 0 Å². The van der Waals surface area contributed by atoms with E-state index in [1.54, 1.807) is 23.9 Å². The maximum Gasteiger partial charge on any atom is 0.128 e. The molecule has 0 bridgehead atoms. The Morgan fingerprint density at radius 1 is 1.60 bits per heavy atom. The van der Waals surface area contributed by atoms with Crippen LogP contribution >= 0.6 is 27.7 Å². The first-order valence-corrected chi connectivity index (χ1v) is 6.77. The zero-order chi connectivity index (χ0) is 11.3. The van der Waals surface area contributed by atoms with Crippen LogP contribution in [0.25, 0.3) is 0 Å². The second kappa shape index (κ2) is 6.48. The van der Waals surface area contributed by atoms with Crippen LogP contribution in [0.4, 0.5) is 4.39 Å². The molecule has 1 rings (SSSR count). The summed E-state index contributed by atoms with van der Waals surface area (Å²) >= 11 is 5.04. The fourth-order valence-electron chi connectivity index (χ4n) is 1.35. The third-order valence-electron chi connectivity index (χ3n) is 2.15. The van der Waals surface area contributed by atoms with Gasteiger partial charge in [0.05, 0.1) is 0 Å². The minimum Gasteiger partial charge on any atom is -0.271 e. The SMILES string of the molecule is CSCCC(NN)c1cc(Br)ccc1F. The van der Waals surface area contributed by atoms with Gasteiger partial charge in [-0.15, -0.1) is 0 Å². The summed E-state index contributed by atoms with van der Waals surface area (Å²) in [5.41, 5.74) is 3.26. The molecule has 15 heavy (non-hydrogen) atoms. The first kappa shape index (κ1) is 13.0. The van der Waals surface area contributed by atoms with E-state index < -0.39 is 0 Å². The molecule has 1 atom stereocenters. The van der Waals surface area contributed by atoms with E-state index in [9.17, 15) is 4.39 Å². The summed E-state index contributed by atoms with van der Waals surface area (Å²) in [4.78, 5) is 0. The molecule has 5 heteroatoms. The zero-order valence-electron chi connectivity index (χ0n) is 8.47. The van der Waals surface area contributed by atoms with Crippen molar-refractivity contribution in [1.82, 2.24) is 5.43 Å². The smallest absolute Gasteiger partial charge is 0.128 e. The summed E-state index contributed by atoms with van der Waals surface area (Å²) < 4.78 is 14.4. The second-order valence-electron chi connectivity index (χ2n) is 3.17. The molecule has 84 valence electrons. The maximum absolute atomic E-state index is 13.5. The third-order valence-corrected chi connectivity index (χ3v) is 3.28. The first-order chi connectivity index (χ1) is 7.19. The number of halogens is 2. The Bertz CT molecular complexity index is 322. The number of hydrogen-bond donors (Lipinski definition) is 2. The van der Waals surface area contributed by atoms with Crippen LogP contribution in [0.1, 0.15) is 18.0 Å². The zero-order valence-corrected chi connectivity index (χ0v) is 10.9. The Balaban J connectivity index is 2.85. The molecule has 0 heterocycles. The van der Waals surface area contributed by atoms with Gasteiger partial charge < -0.3 is 0 Å². The van der Waals surface area contributed by atoms with Crippen molar-refractivity contribution in [3.05, 3.63) is 34.1 Å². The Labute approximate surface area is 102 Å². The molecule has 0 radical (unpaired) electrons. The van der Waals surface area contributed by atoms with Crippen LogP contribution in [0.2, 0.25) is 0 Å². The van der Waals surface area contributed by atoms with Crippen molar-refractivity contribution in [2.75, 3.05) is 12.0 Å². The molecule has 1 aromatic carbocycles. The molecule has 0 spiro atoms. The summed E-state index contributed by atoms with van der Waals surface area (Å²) in [6.45, 7) is 0. The highest BCUT2D eigenvalue weighted by Crippen LogP contribution is 2.24. The van der Waals surface area contributed by atoms with Crippen LogP contribution in [-0.2, 0) is 0 Å². The standard InChI is InChI=1S/C10H14BrFN2S/c1-15-5-4-10(14-13)8-6-7(11)2-3-9(8)12/h2-3,6,10,14H,4-5,13H2,1H3. The number of benzene rings is 1. The number of thioether (sulfide) groups is 1. The van der Waals surface area contributed by atoms with Gasteiger partial charge in [0.25, 0.3) is 0 Å². The Morgan fingerprint density at radius 3 is 2.93 bits per heavy atom. The molecule has 0 aliphatic carbocycles. The highest BCUT2D eigenvalue weighted by atomic mass is 79.9. The maximum atomic E-state index is 13.5. The Morgan fingerprint density at radius 2 is 2.33 bits per heavy atom. The molecule has 3 N–H and O–H groups in total. The van der Waals surface area contributed by atoms with E-state index in [0.717, 1.165) is 16.6 Å². The lowest BCUT2D eigenvalue weighted by molar-refractivity contribution is 0.504. The summed E-state index contributed by atoms with van der Waals surface area (Å²) in [5.74, 6) is 6.15. The van der Waals surface area contributed by atoms with Crippen LogP contribution in [0.3, 0.4) is 0 Å². The van der Waals surface area contributed by atoms with Crippen LogP contribution < -0.4 is 11.3 Å². The largest absolute Gasteiger partial charge is 0.271 e. The number of nitrogens with one attached hydrogen (secondary N) is 1. The van der Waals surface area contributed by atoms with Crippen molar-refractivity contribution in [1.29, 1.82) is 0 Å². The molecular weight excluding hydrogens is 279 g/mol. The van der Waals surface area contributed by atoms with Crippen molar-refractivity contribution in [3.8, 4) is 0 Å². The van der Waals surface area contributed by atoms with Crippen LogP contribution in [-0.4, -0.2) is 12.0 Å². The van der Waals surface area contributed by atoms with Crippen LogP contribution in [0.15, 0.2) is 22.7 Å². The molecule has 0 fully saturated rings. The minimum atomic E-state index is -0.220. The van der Waals surface area contributed by atoms with Gasteiger partial charge in [-0.2, -0.15) is 11.8 Å². The highest BCUT2D eigenvalue weighted by molar-refractivity contribution is 9.10. The minimum absolute atomic E-state index is 0.130. The quantitative estimate of drug-likeness (QED) is 0.647. The number of hydrazine groups is 1. The molecule has 0 aliphatic rings. The normalized spacial score (nSPS) is 12.8. The van der Waals surface area contributed by atoms with Gasteiger partial charge in [-0.05, 0) is 36.6 Å². The molecule has 2 nitrogen and oxygen atoms in total. The molecule has 0 amide bonds. The van der Waals surface area contributed by atoms with Gasteiger partial charge in [-0.1, -0.05) is 15.9 Å². The summed E-state index contributed by atoms with van der Waals surface area (Å²) in [7, 11) is 0. The Kier molecular flexibility index (Phi) is 5.60. The molecule has 0 aliphatic heterocycles. The van der Waals surface area contributed by atoms with Gasteiger partial charge in [0.1, 0.15) is 5.82 Å². The van der Waals surface area contributed by atoms with Crippen molar-refractivity contribution in [2.24, 2.45) is 5.84 Å². The third kappa shape index (κ3) is 3.75. The predicted molar refractivity (Wildman–Crippen MR) is 67.2 cm³/mol. The lowest BCUT2D eigenvalue weighted by atomic mass is 10.0. The van der Waals surface area contributed by atoms with Crippen LogP contribution in [0.5, 0.6) is 0 Å². The van der Waals surface area contributed by atoms with Gasteiger partial charge in [-0.3, -0.25) is 11.3 Å². The van der Waals surface area contributed by atoms with E-state index in [1.165, 1.54) is 6.07 Å². The number of rotatable bonds is 5. The van der Waals surface area contributed by atoms with Crippen molar-refractivity contribution in [3.63, 3.8) is 0 Å². The summed E-state index contributed by atoms with van der Waals surface area (Å²) in [6.07, 6.45) is 2.83. The molecule has 0 saturated heterocycles. The van der Waals surface area contributed by atoms with Gasteiger partial charge in [0, 0.05) is 16.1 Å². The van der Waals surface area contributed by atoms with Crippen molar-refractivity contribution < 1.29 is 4.39 Å². The molecule has 0 saturated carbocycles. The summed E-state index contributed by atoms with van der Waals surface area (Å²) in [6, 6.07) is 4.76. The molecule has 1 aromatic rings. The fraction of sp³-hybridized carbons (Fsp3) is 0.400. The van der Waals surface area contributed by atoms with E-state index in [4.69, 9.17) is 5.84 Å². The van der Waals surface area contributed by atoms with E-state index >= 15 is 0 Å². The second-order valence-corrected chi connectivity index (χ2v) is 5.07. The highest BCUT2D eigenvalue weighted by Gasteiger charge is 2.14. The molecule has 0 aromatic heterocycles. The number of hydrogen-bond acceptors (Lipinski definition) is 3. The predicted octanol–water partition coefficient (Wildman–Crippen LogP) is 2.85. The van der Waals surface area contributed by atoms with Crippen molar-refractivity contribution in [2.45, 2.75) is 12.5 Å². The van der Waals surface area contributed by atoms with E-state index in [-0.39, 0.29) is 11.9 Å². The lowest BCUT2D eigenvalue weighted by Crippen LogP contribution is -2.29.